The van der Waals surface area contributed by atoms with Gasteiger partial charge in [0.2, 0.25) is 0 Å². The first-order valence-corrected chi connectivity index (χ1v) is 6.67. The lowest BCUT2D eigenvalue weighted by atomic mass is 9.73. The largest absolute Gasteiger partial charge is 0.393 e. The van der Waals surface area contributed by atoms with Gasteiger partial charge in [0, 0.05) is 10.9 Å². The number of nitrogens with two attached hydrogens (primary N) is 1. The van der Waals surface area contributed by atoms with Gasteiger partial charge in [-0.25, -0.2) is 4.39 Å². The minimum Gasteiger partial charge on any atom is -0.393 e. The molecule has 1 saturated heterocycles. The third-order valence-electron chi connectivity index (χ3n) is 3.60. The van der Waals surface area contributed by atoms with Gasteiger partial charge < -0.3 is 15.6 Å². The Kier molecular flexibility index (Phi) is 3.78. The van der Waals surface area contributed by atoms with Crippen LogP contribution >= 0.6 is 15.9 Å². The lowest BCUT2D eigenvalue weighted by Gasteiger charge is -2.47. The molecular formula is C13H17BrFNO2. The molecule has 1 heterocycles. The molecular weight excluding hydrogens is 301 g/mol. The van der Waals surface area contributed by atoms with Gasteiger partial charge in [-0.3, -0.25) is 0 Å². The SMILES string of the molecule is C[C@H]1C[C@@](F)(CO)[C@](N)(c2cccc(Br)c2)CO1. The molecule has 1 aliphatic heterocycles. The first-order chi connectivity index (χ1) is 8.41. The quantitative estimate of drug-likeness (QED) is 0.878. The Morgan fingerprint density at radius 3 is 2.94 bits per heavy atom. The van der Waals surface area contributed by atoms with Crippen LogP contribution in [0.2, 0.25) is 0 Å². The maximum absolute atomic E-state index is 14.9. The van der Waals surface area contributed by atoms with Crippen LogP contribution in [0.5, 0.6) is 0 Å². The Labute approximate surface area is 114 Å². The van der Waals surface area contributed by atoms with Gasteiger partial charge in [-0.1, -0.05) is 28.1 Å². The fourth-order valence-corrected chi connectivity index (χ4v) is 2.81. The first kappa shape index (κ1) is 13.9. The summed E-state index contributed by atoms with van der Waals surface area (Å²) in [7, 11) is 0. The van der Waals surface area contributed by atoms with E-state index in [1.54, 1.807) is 25.1 Å². The van der Waals surface area contributed by atoms with E-state index in [-0.39, 0.29) is 19.1 Å². The first-order valence-electron chi connectivity index (χ1n) is 5.87. The number of aliphatic hydroxyl groups excluding tert-OH is 1. The average Bonchev–Trinajstić information content (AvgIpc) is 2.34. The zero-order chi connectivity index (χ0) is 13.4. The average molecular weight is 318 g/mol. The summed E-state index contributed by atoms with van der Waals surface area (Å²) < 4.78 is 21.3. The van der Waals surface area contributed by atoms with E-state index in [1.807, 2.05) is 6.07 Å². The van der Waals surface area contributed by atoms with Crippen LogP contribution in [0.1, 0.15) is 18.9 Å². The minimum absolute atomic E-state index is 0.0572. The normalized spacial score (nSPS) is 36.6. The molecule has 1 aromatic rings. The summed E-state index contributed by atoms with van der Waals surface area (Å²) in [6, 6.07) is 7.17. The molecule has 1 aromatic carbocycles. The van der Waals surface area contributed by atoms with Gasteiger partial charge in [0.1, 0.15) is 5.54 Å². The maximum atomic E-state index is 14.9. The second-order valence-corrected chi connectivity index (χ2v) is 5.85. The van der Waals surface area contributed by atoms with Crippen LogP contribution in [0.15, 0.2) is 28.7 Å². The van der Waals surface area contributed by atoms with Crippen LogP contribution < -0.4 is 5.73 Å². The molecule has 0 aliphatic carbocycles. The van der Waals surface area contributed by atoms with Crippen molar-refractivity contribution in [2.75, 3.05) is 13.2 Å². The standard InChI is InChI=1S/C13H17BrFNO2/c1-9-6-12(15,7-17)13(16,8-18-9)10-3-2-4-11(14)5-10/h2-5,9,17H,6-8,16H2,1H3/t9-,12+,13+/m0/s1. The van der Waals surface area contributed by atoms with E-state index in [9.17, 15) is 9.50 Å². The molecule has 0 spiro atoms. The van der Waals surface area contributed by atoms with Crippen LogP contribution in [0.25, 0.3) is 0 Å². The van der Waals surface area contributed by atoms with Crippen molar-refractivity contribution in [2.24, 2.45) is 5.73 Å². The van der Waals surface area contributed by atoms with Crippen molar-refractivity contribution in [3.63, 3.8) is 0 Å². The van der Waals surface area contributed by atoms with Gasteiger partial charge in [0.25, 0.3) is 0 Å². The van der Waals surface area contributed by atoms with Gasteiger partial charge in [-0.15, -0.1) is 0 Å². The van der Waals surface area contributed by atoms with Crippen molar-refractivity contribution < 1.29 is 14.2 Å². The van der Waals surface area contributed by atoms with E-state index in [0.717, 1.165) is 4.47 Å². The molecule has 3 atom stereocenters. The summed E-state index contributed by atoms with van der Waals surface area (Å²) in [4.78, 5) is 0. The molecule has 100 valence electrons. The third-order valence-corrected chi connectivity index (χ3v) is 4.09. The van der Waals surface area contributed by atoms with Crippen LogP contribution in [0.4, 0.5) is 4.39 Å². The van der Waals surface area contributed by atoms with Crippen molar-refractivity contribution in [1.29, 1.82) is 0 Å². The van der Waals surface area contributed by atoms with E-state index in [2.05, 4.69) is 15.9 Å². The Bertz CT molecular complexity index is 445. The summed E-state index contributed by atoms with van der Waals surface area (Å²) in [5, 5.41) is 9.41. The molecule has 0 saturated carbocycles. The topological polar surface area (TPSA) is 55.5 Å². The number of rotatable bonds is 2. The zero-order valence-corrected chi connectivity index (χ0v) is 11.8. The number of halogens is 2. The number of hydrogen-bond donors (Lipinski definition) is 2. The number of ether oxygens (including phenoxy) is 1. The van der Waals surface area contributed by atoms with Crippen molar-refractivity contribution in [1.82, 2.24) is 0 Å². The minimum atomic E-state index is -1.87. The molecule has 0 amide bonds. The second kappa shape index (κ2) is 4.89. The lowest BCUT2D eigenvalue weighted by Crippen LogP contribution is -2.64. The number of aliphatic hydroxyl groups is 1. The smallest absolute Gasteiger partial charge is 0.160 e. The second-order valence-electron chi connectivity index (χ2n) is 4.93. The molecule has 0 radical (unpaired) electrons. The highest BCUT2D eigenvalue weighted by molar-refractivity contribution is 9.10. The Balaban J connectivity index is 2.44. The Hall–Kier alpha value is -0.490. The molecule has 1 aliphatic rings. The zero-order valence-electron chi connectivity index (χ0n) is 10.2. The summed E-state index contributed by atoms with van der Waals surface area (Å²) in [6.45, 7) is 1.23. The fraction of sp³-hybridized carbons (Fsp3) is 0.538. The van der Waals surface area contributed by atoms with E-state index >= 15 is 0 Å². The van der Waals surface area contributed by atoms with Crippen LogP contribution in [0.3, 0.4) is 0 Å². The summed E-state index contributed by atoms with van der Waals surface area (Å²) in [5.41, 5.74) is 3.65. The monoisotopic (exact) mass is 317 g/mol. The van der Waals surface area contributed by atoms with Crippen molar-refractivity contribution in [2.45, 2.75) is 30.7 Å². The summed E-state index contributed by atoms with van der Waals surface area (Å²) in [5.74, 6) is 0. The maximum Gasteiger partial charge on any atom is 0.160 e. The molecule has 2 rings (SSSR count). The van der Waals surface area contributed by atoms with E-state index in [4.69, 9.17) is 10.5 Å². The number of benzene rings is 1. The van der Waals surface area contributed by atoms with Crippen LogP contribution in [-0.2, 0) is 10.3 Å². The van der Waals surface area contributed by atoms with E-state index in [1.165, 1.54) is 0 Å². The number of hydrogen-bond acceptors (Lipinski definition) is 3. The van der Waals surface area contributed by atoms with Gasteiger partial charge in [-0.05, 0) is 24.6 Å². The Morgan fingerprint density at radius 1 is 1.61 bits per heavy atom. The van der Waals surface area contributed by atoms with Gasteiger partial charge in [0.15, 0.2) is 5.67 Å². The summed E-state index contributed by atoms with van der Waals surface area (Å²) >= 11 is 3.34. The molecule has 0 unspecified atom stereocenters. The highest BCUT2D eigenvalue weighted by Crippen LogP contribution is 2.42. The van der Waals surface area contributed by atoms with Crippen LogP contribution in [-0.4, -0.2) is 30.1 Å². The molecule has 1 fully saturated rings. The highest BCUT2D eigenvalue weighted by Gasteiger charge is 2.54. The Morgan fingerprint density at radius 2 is 2.33 bits per heavy atom. The molecule has 5 heteroatoms. The van der Waals surface area contributed by atoms with Crippen molar-refractivity contribution in [3.05, 3.63) is 34.3 Å². The predicted molar refractivity (Wildman–Crippen MR) is 71.0 cm³/mol. The summed E-state index contributed by atoms with van der Waals surface area (Å²) in [6.07, 6.45) is -0.155. The fourth-order valence-electron chi connectivity index (χ4n) is 2.41. The molecule has 3 nitrogen and oxygen atoms in total. The van der Waals surface area contributed by atoms with Gasteiger partial charge >= 0.3 is 0 Å². The highest BCUT2D eigenvalue weighted by atomic mass is 79.9. The van der Waals surface area contributed by atoms with E-state index in [0.29, 0.717) is 5.56 Å². The molecule has 0 aromatic heterocycles. The molecule has 18 heavy (non-hydrogen) atoms. The van der Waals surface area contributed by atoms with Crippen LogP contribution in [0, 0.1) is 0 Å². The predicted octanol–water partition coefficient (Wildman–Crippen LogP) is 2.11. The van der Waals surface area contributed by atoms with Crippen molar-refractivity contribution >= 4 is 15.9 Å². The van der Waals surface area contributed by atoms with Gasteiger partial charge in [0.05, 0.1) is 19.3 Å². The molecule has 3 N–H and O–H groups in total. The van der Waals surface area contributed by atoms with Crippen molar-refractivity contribution in [3.8, 4) is 0 Å². The van der Waals surface area contributed by atoms with E-state index < -0.39 is 17.8 Å². The molecule has 0 bridgehead atoms. The third kappa shape index (κ3) is 2.20. The number of alkyl halides is 1. The van der Waals surface area contributed by atoms with Gasteiger partial charge in [-0.2, -0.15) is 0 Å². The lowest BCUT2D eigenvalue weighted by molar-refractivity contribution is -0.135.